The average Bonchev–Trinajstić information content (AvgIpc) is 2.56. The van der Waals surface area contributed by atoms with Crippen LogP contribution in [0, 0.1) is 19.7 Å². The number of hydrogen-bond acceptors (Lipinski definition) is 4. The third-order valence-corrected chi connectivity index (χ3v) is 4.36. The van der Waals surface area contributed by atoms with Crippen LogP contribution in [0.4, 0.5) is 4.39 Å². The molecule has 1 amide bonds. The normalized spacial score (nSPS) is 20.1. The molecule has 0 aliphatic heterocycles. The van der Waals surface area contributed by atoms with E-state index >= 15 is 0 Å². The van der Waals surface area contributed by atoms with Gasteiger partial charge in [-0.05, 0) is 57.7 Å². The molecule has 0 saturated heterocycles. The number of aryl methyl sites for hydroxylation is 2. The molecule has 1 aliphatic carbocycles. The highest BCUT2D eigenvalue weighted by Crippen LogP contribution is 2.23. The molecule has 0 spiro atoms. The number of rotatable bonds is 4. The Morgan fingerprint density at radius 3 is 2.40 bits per heavy atom. The lowest BCUT2D eigenvalue weighted by atomic mass is 9.92. The van der Waals surface area contributed by atoms with Crippen LogP contribution in [0.5, 0.6) is 6.01 Å². The van der Waals surface area contributed by atoms with E-state index in [1.807, 2.05) is 19.9 Å². The fourth-order valence-electron chi connectivity index (χ4n) is 3.13. The van der Waals surface area contributed by atoms with E-state index in [2.05, 4.69) is 15.3 Å². The van der Waals surface area contributed by atoms with Crippen molar-refractivity contribution in [2.24, 2.45) is 0 Å². The molecule has 0 atom stereocenters. The minimum absolute atomic E-state index is 0.0344. The van der Waals surface area contributed by atoms with Crippen LogP contribution in [-0.4, -0.2) is 28.0 Å². The lowest BCUT2D eigenvalue weighted by Gasteiger charge is -2.29. The van der Waals surface area contributed by atoms with Crippen LogP contribution in [0.2, 0.25) is 0 Å². The molecule has 1 fully saturated rings. The fraction of sp³-hybridized carbons (Fsp3) is 0.421. The predicted octanol–water partition coefficient (Wildman–Crippen LogP) is 3.35. The van der Waals surface area contributed by atoms with Crippen molar-refractivity contribution in [3.05, 3.63) is 53.1 Å². The van der Waals surface area contributed by atoms with E-state index in [4.69, 9.17) is 4.74 Å². The maximum atomic E-state index is 13.7. The zero-order chi connectivity index (χ0) is 17.8. The summed E-state index contributed by atoms with van der Waals surface area (Å²) in [5, 5.41) is 2.91. The molecular weight excluding hydrogens is 321 g/mol. The topological polar surface area (TPSA) is 64.1 Å². The van der Waals surface area contributed by atoms with E-state index in [0.29, 0.717) is 6.01 Å². The molecule has 0 unspecified atom stereocenters. The Bertz CT molecular complexity index is 738. The van der Waals surface area contributed by atoms with Crippen LogP contribution >= 0.6 is 0 Å². The predicted molar refractivity (Wildman–Crippen MR) is 92.0 cm³/mol. The fourth-order valence-corrected chi connectivity index (χ4v) is 3.13. The number of amides is 1. The van der Waals surface area contributed by atoms with Gasteiger partial charge in [-0.3, -0.25) is 4.79 Å². The number of ether oxygens (including phenoxy) is 1. The van der Waals surface area contributed by atoms with Crippen molar-refractivity contribution in [3.63, 3.8) is 0 Å². The number of hydrogen-bond donors (Lipinski definition) is 1. The van der Waals surface area contributed by atoms with Crippen molar-refractivity contribution in [2.45, 2.75) is 51.7 Å². The molecule has 25 heavy (non-hydrogen) atoms. The smallest absolute Gasteiger partial charge is 0.317 e. The highest BCUT2D eigenvalue weighted by molar-refractivity contribution is 5.94. The van der Waals surface area contributed by atoms with E-state index in [9.17, 15) is 9.18 Å². The minimum Gasteiger partial charge on any atom is -0.460 e. The number of carbonyl (C=O) groups excluding carboxylic acids is 1. The maximum Gasteiger partial charge on any atom is 0.317 e. The van der Waals surface area contributed by atoms with Crippen LogP contribution in [-0.2, 0) is 0 Å². The number of nitrogens with zero attached hydrogens (tertiary/aromatic N) is 2. The standard InChI is InChI=1S/C19H22FN3O2/c1-12-11-13(2)22-19(21-12)25-15-9-7-14(8-10-15)23-18(24)16-5-3-4-6-17(16)20/h3-6,11,14-15H,7-10H2,1-2H3,(H,23,24). The van der Waals surface area contributed by atoms with Gasteiger partial charge in [-0.25, -0.2) is 14.4 Å². The van der Waals surface area contributed by atoms with Gasteiger partial charge in [0, 0.05) is 17.4 Å². The number of carbonyl (C=O) groups is 1. The van der Waals surface area contributed by atoms with E-state index in [-0.39, 0.29) is 23.6 Å². The molecule has 1 heterocycles. The lowest BCUT2D eigenvalue weighted by Crippen LogP contribution is -2.40. The van der Waals surface area contributed by atoms with E-state index < -0.39 is 5.82 Å². The van der Waals surface area contributed by atoms with Crippen LogP contribution < -0.4 is 10.1 Å². The van der Waals surface area contributed by atoms with E-state index in [0.717, 1.165) is 37.1 Å². The van der Waals surface area contributed by atoms with Gasteiger partial charge in [0.05, 0.1) is 5.56 Å². The quantitative estimate of drug-likeness (QED) is 0.925. The first-order valence-corrected chi connectivity index (χ1v) is 8.55. The second-order valence-corrected chi connectivity index (χ2v) is 6.48. The summed E-state index contributed by atoms with van der Waals surface area (Å²) in [6, 6.07) is 8.38. The highest BCUT2D eigenvalue weighted by Gasteiger charge is 2.25. The average molecular weight is 343 g/mol. The van der Waals surface area contributed by atoms with Crippen LogP contribution in [0.3, 0.4) is 0 Å². The molecule has 6 heteroatoms. The zero-order valence-electron chi connectivity index (χ0n) is 14.5. The summed E-state index contributed by atoms with van der Waals surface area (Å²) in [4.78, 5) is 20.8. The number of nitrogens with one attached hydrogen (secondary N) is 1. The summed E-state index contributed by atoms with van der Waals surface area (Å²) >= 11 is 0. The summed E-state index contributed by atoms with van der Waals surface area (Å²) in [7, 11) is 0. The van der Waals surface area contributed by atoms with Crippen molar-refractivity contribution < 1.29 is 13.9 Å². The Hall–Kier alpha value is -2.50. The largest absolute Gasteiger partial charge is 0.460 e. The molecule has 0 radical (unpaired) electrons. The van der Waals surface area contributed by atoms with Crippen molar-refractivity contribution in [3.8, 4) is 6.01 Å². The zero-order valence-corrected chi connectivity index (χ0v) is 14.5. The minimum atomic E-state index is -0.496. The third-order valence-electron chi connectivity index (χ3n) is 4.36. The number of benzene rings is 1. The summed E-state index contributed by atoms with van der Waals surface area (Å²) in [6.45, 7) is 3.83. The summed E-state index contributed by atoms with van der Waals surface area (Å²) in [5.74, 6) is -0.857. The first kappa shape index (κ1) is 17.3. The van der Waals surface area contributed by atoms with Gasteiger partial charge in [0.15, 0.2) is 0 Å². The van der Waals surface area contributed by atoms with Crippen molar-refractivity contribution in [2.75, 3.05) is 0 Å². The van der Waals surface area contributed by atoms with Crippen molar-refractivity contribution >= 4 is 5.91 Å². The highest BCUT2D eigenvalue weighted by atomic mass is 19.1. The molecule has 0 bridgehead atoms. The van der Waals surface area contributed by atoms with Gasteiger partial charge in [0.25, 0.3) is 5.91 Å². The third kappa shape index (κ3) is 4.53. The maximum absolute atomic E-state index is 13.7. The molecule has 5 nitrogen and oxygen atoms in total. The second-order valence-electron chi connectivity index (χ2n) is 6.48. The Morgan fingerprint density at radius 1 is 1.12 bits per heavy atom. The Labute approximate surface area is 146 Å². The van der Waals surface area contributed by atoms with Crippen LogP contribution in [0.15, 0.2) is 30.3 Å². The van der Waals surface area contributed by atoms with Crippen molar-refractivity contribution in [1.82, 2.24) is 15.3 Å². The second kappa shape index (κ2) is 7.59. The molecule has 132 valence electrons. The van der Waals surface area contributed by atoms with Crippen LogP contribution in [0.25, 0.3) is 0 Å². The monoisotopic (exact) mass is 343 g/mol. The van der Waals surface area contributed by atoms with E-state index in [1.54, 1.807) is 12.1 Å². The Balaban J connectivity index is 1.52. The first-order chi connectivity index (χ1) is 12.0. The number of aromatic nitrogens is 2. The van der Waals surface area contributed by atoms with E-state index in [1.165, 1.54) is 12.1 Å². The van der Waals surface area contributed by atoms with Gasteiger partial charge in [-0.15, -0.1) is 0 Å². The van der Waals surface area contributed by atoms with Crippen LogP contribution in [0.1, 0.15) is 47.4 Å². The lowest BCUT2D eigenvalue weighted by molar-refractivity contribution is 0.0881. The Morgan fingerprint density at radius 2 is 1.76 bits per heavy atom. The molecule has 1 aromatic heterocycles. The molecule has 1 aromatic carbocycles. The molecule has 3 rings (SSSR count). The molecule has 1 saturated carbocycles. The SMILES string of the molecule is Cc1cc(C)nc(OC2CCC(NC(=O)c3ccccc3F)CC2)n1. The van der Waals surface area contributed by atoms with Gasteiger partial charge < -0.3 is 10.1 Å². The molecular formula is C19H22FN3O2. The number of halogens is 1. The molecule has 2 aromatic rings. The molecule has 1 aliphatic rings. The van der Waals surface area contributed by atoms with Gasteiger partial charge in [-0.1, -0.05) is 12.1 Å². The van der Waals surface area contributed by atoms with Gasteiger partial charge in [0.2, 0.25) is 0 Å². The van der Waals surface area contributed by atoms with Gasteiger partial charge >= 0.3 is 6.01 Å². The summed E-state index contributed by atoms with van der Waals surface area (Å²) in [5.41, 5.74) is 1.85. The van der Waals surface area contributed by atoms with Gasteiger partial charge in [0.1, 0.15) is 11.9 Å². The molecule has 1 N–H and O–H groups in total. The Kier molecular flexibility index (Phi) is 5.26. The summed E-state index contributed by atoms with van der Waals surface area (Å²) < 4.78 is 19.5. The van der Waals surface area contributed by atoms with Crippen molar-refractivity contribution in [1.29, 1.82) is 0 Å². The van der Waals surface area contributed by atoms with Gasteiger partial charge in [-0.2, -0.15) is 0 Å². The first-order valence-electron chi connectivity index (χ1n) is 8.55. The summed E-state index contributed by atoms with van der Waals surface area (Å²) in [6.07, 6.45) is 3.23.